The summed E-state index contributed by atoms with van der Waals surface area (Å²) in [5.41, 5.74) is 0.0343. The van der Waals surface area contributed by atoms with Crippen molar-refractivity contribution in [3.8, 4) is 0 Å². The van der Waals surface area contributed by atoms with Crippen molar-refractivity contribution in [2.45, 2.75) is 13.3 Å². The van der Waals surface area contributed by atoms with Crippen LogP contribution in [-0.4, -0.2) is 43.5 Å². The van der Waals surface area contributed by atoms with E-state index in [1.807, 2.05) is 6.92 Å². The average molecular weight is 300 g/mol. The predicted molar refractivity (Wildman–Crippen MR) is 73.7 cm³/mol. The molecule has 0 unspecified atom stereocenters. The Morgan fingerprint density at radius 2 is 1.81 bits per heavy atom. The number of carbonyl (C=O) groups is 2. The van der Waals surface area contributed by atoms with E-state index >= 15 is 0 Å². The molecular weight excluding hydrogens is 282 g/mol. The van der Waals surface area contributed by atoms with Gasteiger partial charge in [0.05, 0.1) is 20.2 Å². The second-order valence-corrected chi connectivity index (χ2v) is 4.49. The van der Waals surface area contributed by atoms with Gasteiger partial charge >= 0.3 is 5.97 Å². The highest BCUT2D eigenvalue weighted by molar-refractivity contribution is 5.92. The minimum atomic E-state index is -0.773. The molecule has 5 nitrogen and oxygen atoms in total. The highest BCUT2D eigenvalue weighted by Crippen LogP contribution is 2.12. The molecule has 0 saturated heterocycles. The quantitative estimate of drug-likeness (QED) is 0.780. The highest BCUT2D eigenvalue weighted by Gasteiger charge is 2.14. The fourth-order valence-electron chi connectivity index (χ4n) is 1.81. The molecule has 1 aromatic rings. The summed E-state index contributed by atoms with van der Waals surface area (Å²) in [6, 6.07) is 2.76. The standard InChI is InChI=1S/C14H18F2N2O3/c1-3-4-18(9-14(20)21-2)8-13(19)17-12-6-10(15)5-11(16)7-12/h5-7H,3-4,8-9H2,1-2H3,(H,17,19). The first-order chi connectivity index (χ1) is 9.94. The lowest BCUT2D eigenvalue weighted by Gasteiger charge is -2.19. The second-order valence-electron chi connectivity index (χ2n) is 4.49. The van der Waals surface area contributed by atoms with Crippen molar-refractivity contribution in [2.75, 3.05) is 32.1 Å². The summed E-state index contributed by atoms with van der Waals surface area (Å²) in [6.07, 6.45) is 0.749. The number of hydrogen-bond donors (Lipinski definition) is 1. The summed E-state index contributed by atoms with van der Waals surface area (Å²) in [7, 11) is 1.27. The van der Waals surface area contributed by atoms with Crippen molar-refractivity contribution in [3.05, 3.63) is 29.8 Å². The van der Waals surface area contributed by atoms with Gasteiger partial charge in [0.25, 0.3) is 0 Å². The molecule has 0 heterocycles. The van der Waals surface area contributed by atoms with E-state index in [0.717, 1.165) is 24.6 Å². The lowest BCUT2D eigenvalue weighted by Crippen LogP contribution is -2.37. The van der Waals surface area contributed by atoms with Crippen molar-refractivity contribution >= 4 is 17.6 Å². The van der Waals surface area contributed by atoms with E-state index in [9.17, 15) is 18.4 Å². The number of anilines is 1. The van der Waals surface area contributed by atoms with Crippen LogP contribution in [0, 0.1) is 11.6 Å². The number of nitrogens with one attached hydrogen (secondary N) is 1. The highest BCUT2D eigenvalue weighted by atomic mass is 19.1. The third-order valence-corrected chi connectivity index (χ3v) is 2.63. The molecule has 7 heteroatoms. The summed E-state index contributed by atoms with van der Waals surface area (Å²) in [6.45, 7) is 2.35. The van der Waals surface area contributed by atoms with Crippen molar-refractivity contribution in [1.29, 1.82) is 0 Å². The van der Waals surface area contributed by atoms with Crippen LogP contribution in [0.5, 0.6) is 0 Å². The van der Waals surface area contributed by atoms with Crippen LogP contribution in [0.25, 0.3) is 0 Å². The Kier molecular flexibility index (Phi) is 6.74. The Balaban J connectivity index is 2.62. The molecule has 1 N–H and O–H groups in total. The van der Waals surface area contributed by atoms with Gasteiger partial charge in [-0.05, 0) is 25.1 Å². The van der Waals surface area contributed by atoms with Crippen LogP contribution >= 0.6 is 0 Å². The summed E-state index contributed by atoms with van der Waals surface area (Å²) in [5.74, 6) is -2.46. The molecule has 0 aliphatic rings. The van der Waals surface area contributed by atoms with E-state index < -0.39 is 23.5 Å². The van der Waals surface area contributed by atoms with Crippen LogP contribution in [0.3, 0.4) is 0 Å². The molecule has 0 atom stereocenters. The Bertz CT molecular complexity index is 489. The molecule has 116 valence electrons. The minimum Gasteiger partial charge on any atom is -0.468 e. The van der Waals surface area contributed by atoms with Gasteiger partial charge in [-0.1, -0.05) is 6.92 Å². The van der Waals surface area contributed by atoms with Crippen molar-refractivity contribution in [1.82, 2.24) is 4.90 Å². The van der Waals surface area contributed by atoms with Gasteiger partial charge in [0, 0.05) is 11.8 Å². The number of esters is 1. The number of nitrogens with zero attached hydrogens (tertiary/aromatic N) is 1. The Morgan fingerprint density at radius 3 is 2.33 bits per heavy atom. The maximum absolute atomic E-state index is 13.0. The van der Waals surface area contributed by atoms with Gasteiger partial charge in [0.15, 0.2) is 0 Å². The molecule has 0 fully saturated rings. The lowest BCUT2D eigenvalue weighted by atomic mass is 10.3. The molecule has 0 spiro atoms. The first-order valence-corrected chi connectivity index (χ1v) is 6.49. The molecule has 1 rings (SSSR count). The fraction of sp³-hybridized carbons (Fsp3) is 0.429. The third kappa shape index (κ3) is 6.31. The first kappa shape index (κ1) is 17.0. The van der Waals surface area contributed by atoms with E-state index in [-0.39, 0.29) is 18.8 Å². The number of ether oxygens (including phenoxy) is 1. The van der Waals surface area contributed by atoms with Crippen LogP contribution < -0.4 is 5.32 Å². The summed E-state index contributed by atoms with van der Waals surface area (Å²) in [4.78, 5) is 24.7. The molecule has 0 aliphatic carbocycles. The van der Waals surface area contributed by atoms with Crippen LogP contribution in [0.4, 0.5) is 14.5 Å². The largest absolute Gasteiger partial charge is 0.468 e. The van der Waals surface area contributed by atoms with Crippen LogP contribution in [0.1, 0.15) is 13.3 Å². The Morgan fingerprint density at radius 1 is 1.19 bits per heavy atom. The molecule has 1 aromatic carbocycles. The SMILES string of the molecule is CCCN(CC(=O)Nc1cc(F)cc(F)c1)CC(=O)OC. The zero-order chi connectivity index (χ0) is 15.8. The number of halogens is 2. The Hall–Kier alpha value is -2.02. The molecule has 0 aromatic heterocycles. The number of rotatable bonds is 7. The second kappa shape index (κ2) is 8.31. The van der Waals surface area contributed by atoms with Crippen molar-refractivity contribution in [3.63, 3.8) is 0 Å². The fourth-order valence-corrected chi connectivity index (χ4v) is 1.81. The van der Waals surface area contributed by atoms with E-state index in [1.165, 1.54) is 7.11 Å². The molecular formula is C14H18F2N2O3. The maximum atomic E-state index is 13.0. The zero-order valence-corrected chi connectivity index (χ0v) is 12.0. The van der Waals surface area contributed by atoms with E-state index in [0.29, 0.717) is 6.54 Å². The van der Waals surface area contributed by atoms with Gasteiger partial charge in [-0.2, -0.15) is 0 Å². The van der Waals surface area contributed by atoms with Gasteiger partial charge in [-0.25, -0.2) is 8.78 Å². The van der Waals surface area contributed by atoms with E-state index in [2.05, 4.69) is 10.1 Å². The van der Waals surface area contributed by atoms with Gasteiger partial charge < -0.3 is 10.1 Å². The van der Waals surface area contributed by atoms with Gasteiger partial charge in [0.2, 0.25) is 5.91 Å². The molecule has 21 heavy (non-hydrogen) atoms. The van der Waals surface area contributed by atoms with Crippen LogP contribution in [0.15, 0.2) is 18.2 Å². The molecule has 1 amide bonds. The third-order valence-electron chi connectivity index (χ3n) is 2.63. The number of benzene rings is 1. The van der Waals surface area contributed by atoms with Crippen LogP contribution in [0.2, 0.25) is 0 Å². The minimum absolute atomic E-state index is 0.0186. The van der Waals surface area contributed by atoms with Gasteiger partial charge in [-0.3, -0.25) is 14.5 Å². The Labute approximate surface area is 121 Å². The molecule has 0 aliphatic heterocycles. The lowest BCUT2D eigenvalue weighted by molar-refractivity contribution is -0.142. The van der Waals surface area contributed by atoms with Crippen molar-refractivity contribution in [2.24, 2.45) is 0 Å². The summed E-state index contributed by atoms with van der Waals surface area (Å²) < 4.78 is 30.6. The number of hydrogen-bond acceptors (Lipinski definition) is 4. The number of amides is 1. The number of methoxy groups -OCH3 is 1. The first-order valence-electron chi connectivity index (χ1n) is 6.49. The molecule has 0 radical (unpaired) electrons. The smallest absolute Gasteiger partial charge is 0.319 e. The van der Waals surface area contributed by atoms with Gasteiger partial charge in [-0.15, -0.1) is 0 Å². The maximum Gasteiger partial charge on any atom is 0.319 e. The van der Waals surface area contributed by atoms with Crippen LogP contribution in [-0.2, 0) is 14.3 Å². The van der Waals surface area contributed by atoms with Gasteiger partial charge in [0.1, 0.15) is 11.6 Å². The predicted octanol–water partition coefficient (Wildman–Crippen LogP) is 1.79. The average Bonchev–Trinajstić information content (AvgIpc) is 2.37. The number of carbonyl (C=O) groups excluding carboxylic acids is 2. The zero-order valence-electron chi connectivity index (χ0n) is 12.0. The molecule has 0 bridgehead atoms. The van der Waals surface area contributed by atoms with E-state index in [1.54, 1.807) is 4.90 Å². The summed E-state index contributed by atoms with van der Waals surface area (Å²) >= 11 is 0. The topological polar surface area (TPSA) is 58.6 Å². The van der Waals surface area contributed by atoms with Crippen molar-refractivity contribution < 1.29 is 23.1 Å². The molecule has 0 saturated carbocycles. The monoisotopic (exact) mass is 300 g/mol. The normalized spacial score (nSPS) is 10.5. The van der Waals surface area contributed by atoms with E-state index in [4.69, 9.17) is 0 Å². The summed E-state index contributed by atoms with van der Waals surface area (Å²) in [5, 5.41) is 2.39.